The van der Waals surface area contributed by atoms with Crippen LogP contribution in [0.4, 0.5) is 4.39 Å². The van der Waals surface area contributed by atoms with Gasteiger partial charge in [0.2, 0.25) is 0 Å². The van der Waals surface area contributed by atoms with Gasteiger partial charge in [0.25, 0.3) is 5.72 Å². The Labute approximate surface area is 190 Å². The highest BCUT2D eigenvalue weighted by Crippen LogP contribution is 2.40. The van der Waals surface area contributed by atoms with Gasteiger partial charge < -0.3 is 19.6 Å². The zero-order valence-corrected chi connectivity index (χ0v) is 18.2. The molecule has 0 spiro atoms. The molecule has 3 aliphatic heterocycles. The van der Waals surface area contributed by atoms with Gasteiger partial charge in [0.15, 0.2) is 5.84 Å². The number of aryl methyl sites for hydroxylation is 1. The third-order valence-corrected chi connectivity index (χ3v) is 6.62. The highest BCUT2D eigenvalue weighted by Gasteiger charge is 2.49. The fraction of sp³-hybridized carbons (Fsp3) is 0.280. The lowest BCUT2D eigenvalue weighted by Crippen LogP contribution is -2.51. The molecule has 6 rings (SSSR count). The Kier molecular flexibility index (Phi) is 4.51. The van der Waals surface area contributed by atoms with E-state index in [1.54, 1.807) is 12.1 Å². The van der Waals surface area contributed by atoms with Crippen molar-refractivity contribution in [3.63, 3.8) is 0 Å². The molecule has 1 N–H and O–H groups in total. The number of fused-ring (bicyclic) bond motifs is 4. The van der Waals surface area contributed by atoms with E-state index in [1.807, 2.05) is 36.4 Å². The number of oxime groups is 1. The first-order valence-electron chi connectivity index (χ1n) is 11.0. The SMILES string of the molecule is Cc1ncn2c1COc1cc(/C=C3\CCCN4C3=NO[C@@]4(CO)c3ccc(F)cc3)ccc1-2. The monoisotopic (exact) mass is 446 g/mol. The zero-order valence-electron chi connectivity index (χ0n) is 18.2. The van der Waals surface area contributed by atoms with Gasteiger partial charge in [-0.3, -0.25) is 4.57 Å². The molecule has 1 fully saturated rings. The number of amidine groups is 1. The number of aliphatic hydroxyl groups is 1. The molecular weight excluding hydrogens is 423 g/mol. The maximum absolute atomic E-state index is 13.5. The van der Waals surface area contributed by atoms with Crippen LogP contribution >= 0.6 is 0 Å². The number of hydrogen-bond acceptors (Lipinski definition) is 6. The van der Waals surface area contributed by atoms with Crippen LogP contribution in [0, 0.1) is 12.7 Å². The van der Waals surface area contributed by atoms with E-state index >= 15 is 0 Å². The molecule has 1 saturated heterocycles. The van der Waals surface area contributed by atoms with E-state index in [9.17, 15) is 9.50 Å². The molecule has 0 bridgehead atoms. The van der Waals surface area contributed by atoms with Crippen molar-refractivity contribution in [2.45, 2.75) is 32.1 Å². The molecule has 0 unspecified atom stereocenters. The van der Waals surface area contributed by atoms with Crippen LogP contribution in [-0.4, -0.2) is 38.5 Å². The number of aromatic nitrogens is 2. The van der Waals surface area contributed by atoms with E-state index < -0.39 is 5.72 Å². The standard InChI is InChI=1S/C25H23FN4O3/c1-16-22-13-32-23-12-17(4-9-21(23)29(22)15-27-16)11-18-3-2-10-30-24(18)28-33-25(30,14-31)19-5-7-20(26)8-6-19/h4-9,11-12,15,31H,2-3,10,13-14H2,1H3/b18-11+/t25-/m0/s1. The van der Waals surface area contributed by atoms with Crippen LogP contribution in [0.15, 0.2) is 59.5 Å². The quantitative estimate of drug-likeness (QED) is 0.661. The lowest BCUT2D eigenvalue weighted by molar-refractivity contribution is -0.137. The summed E-state index contributed by atoms with van der Waals surface area (Å²) in [5.41, 5.74) is 4.56. The normalized spacial score (nSPS) is 22.2. The first-order chi connectivity index (χ1) is 16.1. The summed E-state index contributed by atoms with van der Waals surface area (Å²) in [5.74, 6) is 1.17. The summed E-state index contributed by atoms with van der Waals surface area (Å²) in [6, 6.07) is 12.1. The summed E-state index contributed by atoms with van der Waals surface area (Å²) in [4.78, 5) is 12.2. The van der Waals surface area contributed by atoms with Crippen molar-refractivity contribution >= 4 is 11.9 Å². The number of piperidine rings is 1. The second-order valence-corrected chi connectivity index (χ2v) is 8.54. The van der Waals surface area contributed by atoms with Crippen molar-refractivity contribution in [3.05, 3.63) is 82.7 Å². The van der Waals surface area contributed by atoms with Gasteiger partial charge in [-0.05, 0) is 73.4 Å². The van der Waals surface area contributed by atoms with Crippen molar-refractivity contribution in [2.24, 2.45) is 5.16 Å². The first kappa shape index (κ1) is 20.0. The molecule has 3 aliphatic rings. The van der Waals surface area contributed by atoms with Crippen molar-refractivity contribution in [1.82, 2.24) is 14.5 Å². The minimum Gasteiger partial charge on any atom is -0.485 e. The second-order valence-electron chi connectivity index (χ2n) is 8.54. The largest absolute Gasteiger partial charge is 0.485 e. The average molecular weight is 446 g/mol. The molecule has 4 heterocycles. The molecule has 168 valence electrons. The smallest absolute Gasteiger partial charge is 0.260 e. The lowest BCUT2D eigenvalue weighted by Gasteiger charge is -2.38. The Morgan fingerprint density at radius 3 is 2.88 bits per heavy atom. The minimum atomic E-state index is -1.14. The second kappa shape index (κ2) is 7.45. The third kappa shape index (κ3) is 3.05. The van der Waals surface area contributed by atoms with Gasteiger partial charge in [-0.1, -0.05) is 11.2 Å². The Morgan fingerprint density at radius 1 is 1.21 bits per heavy atom. The number of nitrogens with zero attached hydrogens (tertiary/aromatic N) is 4. The number of halogens is 1. The number of rotatable bonds is 3. The van der Waals surface area contributed by atoms with Crippen molar-refractivity contribution in [1.29, 1.82) is 0 Å². The molecule has 8 heteroatoms. The Hall–Kier alpha value is -3.65. The van der Waals surface area contributed by atoms with Crippen molar-refractivity contribution in [3.8, 4) is 11.4 Å². The number of ether oxygens (including phenoxy) is 1. The fourth-order valence-electron chi connectivity index (χ4n) is 4.83. The molecule has 0 aliphatic carbocycles. The predicted molar refractivity (Wildman–Crippen MR) is 120 cm³/mol. The molecule has 33 heavy (non-hydrogen) atoms. The molecule has 0 radical (unpaired) electrons. The van der Waals surface area contributed by atoms with Crippen LogP contribution in [-0.2, 0) is 17.2 Å². The lowest BCUT2D eigenvalue weighted by atomic mass is 9.94. The van der Waals surface area contributed by atoms with Crippen molar-refractivity contribution < 1.29 is 19.1 Å². The van der Waals surface area contributed by atoms with Gasteiger partial charge in [-0.2, -0.15) is 0 Å². The molecule has 7 nitrogen and oxygen atoms in total. The minimum absolute atomic E-state index is 0.293. The number of hydrogen-bond donors (Lipinski definition) is 1. The molecule has 1 atom stereocenters. The van der Waals surface area contributed by atoms with Crippen LogP contribution in [0.1, 0.15) is 35.4 Å². The van der Waals surface area contributed by atoms with Crippen LogP contribution in [0.2, 0.25) is 0 Å². The molecule has 0 saturated carbocycles. The fourth-order valence-corrected chi connectivity index (χ4v) is 4.83. The number of imidazole rings is 1. The van der Waals surface area contributed by atoms with Crippen molar-refractivity contribution in [2.75, 3.05) is 13.2 Å². The van der Waals surface area contributed by atoms with Gasteiger partial charge in [0.05, 0.1) is 23.4 Å². The Bertz CT molecular complexity index is 1300. The zero-order chi connectivity index (χ0) is 22.6. The predicted octanol–water partition coefficient (Wildman–Crippen LogP) is 3.88. The van der Waals surface area contributed by atoms with Gasteiger partial charge in [0.1, 0.15) is 24.8 Å². The van der Waals surface area contributed by atoms with E-state index in [-0.39, 0.29) is 12.4 Å². The molecular formula is C25H23FN4O3. The molecule has 1 aromatic heterocycles. The Balaban J connectivity index is 1.33. The summed E-state index contributed by atoms with van der Waals surface area (Å²) in [5, 5.41) is 14.6. The van der Waals surface area contributed by atoms with Gasteiger partial charge >= 0.3 is 0 Å². The van der Waals surface area contributed by atoms with Gasteiger partial charge in [0, 0.05) is 12.1 Å². The van der Waals surface area contributed by atoms with Gasteiger partial charge in [-0.15, -0.1) is 0 Å². The average Bonchev–Trinajstić information content (AvgIpc) is 3.41. The summed E-state index contributed by atoms with van der Waals surface area (Å²) in [7, 11) is 0. The maximum atomic E-state index is 13.5. The van der Waals surface area contributed by atoms with E-state index in [0.717, 1.165) is 46.8 Å². The summed E-state index contributed by atoms with van der Waals surface area (Å²) < 4.78 is 21.5. The topological polar surface area (TPSA) is 72.1 Å². The van der Waals surface area contributed by atoms with Crippen LogP contribution in [0.5, 0.6) is 5.75 Å². The van der Waals surface area contributed by atoms with E-state index in [2.05, 4.69) is 20.8 Å². The summed E-state index contributed by atoms with van der Waals surface area (Å²) in [6.45, 7) is 2.86. The number of aliphatic hydroxyl groups excluding tert-OH is 1. The van der Waals surface area contributed by atoms with Crippen LogP contribution in [0.25, 0.3) is 11.8 Å². The Morgan fingerprint density at radius 2 is 2.06 bits per heavy atom. The molecule has 3 aromatic rings. The number of benzene rings is 2. The third-order valence-electron chi connectivity index (χ3n) is 6.62. The molecule has 2 aromatic carbocycles. The molecule has 0 amide bonds. The summed E-state index contributed by atoms with van der Waals surface area (Å²) >= 11 is 0. The van der Waals surface area contributed by atoms with Crippen LogP contribution in [0.3, 0.4) is 0 Å². The highest BCUT2D eigenvalue weighted by molar-refractivity contribution is 6.03. The summed E-state index contributed by atoms with van der Waals surface area (Å²) in [6.07, 6.45) is 5.64. The van der Waals surface area contributed by atoms with E-state index in [4.69, 9.17) is 9.57 Å². The van der Waals surface area contributed by atoms with Gasteiger partial charge in [-0.25, -0.2) is 9.37 Å². The van der Waals surface area contributed by atoms with E-state index in [0.29, 0.717) is 24.6 Å². The first-order valence-corrected chi connectivity index (χ1v) is 11.0. The van der Waals surface area contributed by atoms with Crippen LogP contribution < -0.4 is 4.74 Å². The highest BCUT2D eigenvalue weighted by atomic mass is 19.1. The maximum Gasteiger partial charge on any atom is 0.260 e. The van der Waals surface area contributed by atoms with E-state index in [1.165, 1.54) is 12.1 Å².